The normalized spacial score (nSPS) is 10.2. The van der Waals surface area contributed by atoms with Gasteiger partial charge in [-0.15, -0.1) is 0 Å². The molecule has 3 heteroatoms. The number of nitrogens with zero attached hydrogens (tertiary/aromatic N) is 1. The summed E-state index contributed by atoms with van der Waals surface area (Å²) in [6.07, 6.45) is 3.89. The maximum atomic E-state index is 6.07. The Morgan fingerprint density at radius 3 is 2.40 bits per heavy atom. The quantitative estimate of drug-likeness (QED) is 0.772. The molecule has 15 heavy (non-hydrogen) atoms. The van der Waals surface area contributed by atoms with Gasteiger partial charge in [-0.25, -0.2) is 4.57 Å². The fourth-order valence-electron chi connectivity index (χ4n) is 1.40. The van der Waals surface area contributed by atoms with Crippen molar-refractivity contribution in [2.75, 3.05) is 5.73 Å². The summed E-state index contributed by atoms with van der Waals surface area (Å²) in [7, 11) is 0. The van der Waals surface area contributed by atoms with E-state index < -0.39 is 0 Å². The molecule has 0 amide bonds. The number of anilines is 1. The van der Waals surface area contributed by atoms with Crippen molar-refractivity contribution in [2.45, 2.75) is 6.54 Å². The highest BCUT2D eigenvalue weighted by Gasteiger charge is 2.05. The molecule has 0 spiro atoms. The molecule has 1 heterocycles. The summed E-state index contributed by atoms with van der Waals surface area (Å²) in [6.45, 7) is 0.764. The molecule has 0 radical (unpaired) electrons. The minimum Gasteiger partial charge on any atom is -0.398 e. The van der Waals surface area contributed by atoms with Crippen LogP contribution in [0.1, 0.15) is 5.56 Å². The molecule has 1 aromatic carbocycles. The van der Waals surface area contributed by atoms with Crippen LogP contribution in [-0.4, -0.2) is 0 Å². The van der Waals surface area contributed by atoms with Gasteiger partial charge in [-0.05, 0) is 6.07 Å². The largest absolute Gasteiger partial charge is 0.398 e. The first-order chi connectivity index (χ1) is 7.25. The molecule has 0 atom stereocenters. The van der Waals surface area contributed by atoms with Crippen molar-refractivity contribution in [3.05, 3.63) is 59.4 Å². The fraction of sp³-hybridized carbons (Fsp3) is 0.0833. The maximum Gasteiger partial charge on any atom is 0.175 e. The molecule has 0 saturated heterocycles. The van der Waals surface area contributed by atoms with Crippen LogP contribution in [0.3, 0.4) is 0 Å². The van der Waals surface area contributed by atoms with Gasteiger partial charge in [0.2, 0.25) is 0 Å². The summed E-state index contributed by atoms with van der Waals surface area (Å²) in [5, 5.41) is 0.793. The van der Waals surface area contributed by atoms with Crippen LogP contribution in [0.25, 0.3) is 0 Å². The zero-order valence-electron chi connectivity index (χ0n) is 8.23. The average Bonchev–Trinajstić information content (AvgIpc) is 2.25. The van der Waals surface area contributed by atoms with Crippen LogP contribution in [0.4, 0.5) is 5.69 Å². The SMILES string of the molecule is Nc1cc[n+](Cc2ccccc2Cl)cc1. The molecule has 2 nitrogen and oxygen atoms in total. The minimum absolute atomic E-state index is 0.764. The molecule has 0 aliphatic rings. The van der Waals surface area contributed by atoms with Crippen molar-refractivity contribution in [1.82, 2.24) is 0 Å². The first-order valence-electron chi connectivity index (χ1n) is 4.74. The fourth-order valence-corrected chi connectivity index (χ4v) is 1.59. The Labute approximate surface area is 93.9 Å². The number of aromatic nitrogens is 1. The topological polar surface area (TPSA) is 29.9 Å². The number of nitrogens with two attached hydrogens (primary N) is 1. The number of hydrogen-bond donors (Lipinski definition) is 1. The van der Waals surface area contributed by atoms with Crippen molar-refractivity contribution in [2.24, 2.45) is 0 Å². The van der Waals surface area contributed by atoms with Gasteiger partial charge in [0.25, 0.3) is 0 Å². The van der Waals surface area contributed by atoms with E-state index in [0.717, 1.165) is 22.8 Å². The Morgan fingerprint density at radius 1 is 1.07 bits per heavy atom. The van der Waals surface area contributed by atoms with Gasteiger partial charge in [0.05, 0.1) is 5.02 Å². The van der Waals surface area contributed by atoms with Crippen LogP contribution in [-0.2, 0) is 6.54 Å². The van der Waals surface area contributed by atoms with Crippen molar-refractivity contribution in [1.29, 1.82) is 0 Å². The second-order valence-corrected chi connectivity index (χ2v) is 3.80. The van der Waals surface area contributed by atoms with Crippen LogP contribution >= 0.6 is 11.6 Å². The molecule has 0 unspecified atom stereocenters. The van der Waals surface area contributed by atoms with E-state index in [-0.39, 0.29) is 0 Å². The molecule has 2 N–H and O–H groups in total. The summed E-state index contributed by atoms with van der Waals surface area (Å²) < 4.78 is 2.04. The lowest BCUT2D eigenvalue weighted by atomic mass is 10.2. The first-order valence-corrected chi connectivity index (χ1v) is 5.11. The summed E-state index contributed by atoms with van der Waals surface area (Å²) >= 11 is 6.07. The maximum absolute atomic E-state index is 6.07. The number of nitrogen functional groups attached to an aromatic ring is 1. The lowest BCUT2D eigenvalue weighted by Gasteiger charge is -2.00. The molecule has 2 aromatic rings. The predicted octanol–water partition coefficient (Wildman–Crippen LogP) is 2.26. The van der Waals surface area contributed by atoms with Gasteiger partial charge in [0, 0.05) is 23.4 Å². The van der Waals surface area contributed by atoms with E-state index in [9.17, 15) is 0 Å². The third-order valence-corrected chi connectivity index (χ3v) is 2.60. The summed E-state index contributed by atoms with van der Waals surface area (Å²) in [5.74, 6) is 0. The zero-order valence-corrected chi connectivity index (χ0v) is 8.98. The van der Waals surface area contributed by atoms with E-state index in [2.05, 4.69) is 0 Å². The van der Waals surface area contributed by atoms with Gasteiger partial charge in [0.1, 0.15) is 0 Å². The van der Waals surface area contributed by atoms with Gasteiger partial charge in [0.15, 0.2) is 18.9 Å². The first kappa shape index (κ1) is 9.99. The van der Waals surface area contributed by atoms with Gasteiger partial charge in [-0.2, -0.15) is 0 Å². The summed E-state index contributed by atoms with van der Waals surface area (Å²) in [4.78, 5) is 0. The number of benzene rings is 1. The monoisotopic (exact) mass is 219 g/mol. The van der Waals surface area contributed by atoms with Crippen LogP contribution < -0.4 is 10.3 Å². The Morgan fingerprint density at radius 2 is 1.73 bits per heavy atom. The zero-order chi connectivity index (χ0) is 10.7. The Hall–Kier alpha value is -1.54. The molecule has 1 aromatic heterocycles. The third kappa shape index (κ3) is 2.48. The van der Waals surface area contributed by atoms with Gasteiger partial charge < -0.3 is 5.73 Å². The molecule has 0 bridgehead atoms. The van der Waals surface area contributed by atoms with Crippen molar-refractivity contribution in [3.63, 3.8) is 0 Å². The highest BCUT2D eigenvalue weighted by Crippen LogP contribution is 2.14. The van der Waals surface area contributed by atoms with E-state index in [1.165, 1.54) is 0 Å². The van der Waals surface area contributed by atoms with Crippen molar-refractivity contribution in [3.8, 4) is 0 Å². The van der Waals surface area contributed by atoms with Gasteiger partial charge >= 0.3 is 0 Å². The second kappa shape index (κ2) is 4.32. The van der Waals surface area contributed by atoms with Crippen molar-refractivity contribution >= 4 is 17.3 Å². The van der Waals surface area contributed by atoms with Gasteiger partial charge in [-0.3, -0.25) is 0 Å². The van der Waals surface area contributed by atoms with E-state index in [1.54, 1.807) is 0 Å². The lowest BCUT2D eigenvalue weighted by Crippen LogP contribution is -2.33. The van der Waals surface area contributed by atoms with Crippen LogP contribution in [0.5, 0.6) is 0 Å². The standard InChI is InChI=1S/C12H11ClN2/c13-12-4-2-1-3-10(12)9-15-7-5-11(14)6-8-15/h1-8,14H,9H2/p+1. The Kier molecular flexibility index (Phi) is 2.88. The molecule has 0 saturated carbocycles. The Balaban J connectivity index is 2.22. The van der Waals surface area contributed by atoms with Crippen LogP contribution in [0, 0.1) is 0 Å². The van der Waals surface area contributed by atoms with E-state index in [1.807, 2.05) is 53.4 Å². The lowest BCUT2D eigenvalue weighted by molar-refractivity contribution is -0.688. The summed E-state index contributed by atoms with van der Waals surface area (Å²) in [6, 6.07) is 11.6. The van der Waals surface area contributed by atoms with E-state index >= 15 is 0 Å². The predicted molar refractivity (Wildman–Crippen MR) is 61.6 cm³/mol. The minimum atomic E-state index is 0.764. The molecule has 2 rings (SSSR count). The molecule has 0 aliphatic heterocycles. The molecule has 76 valence electrons. The highest BCUT2D eigenvalue weighted by atomic mass is 35.5. The van der Waals surface area contributed by atoms with Crippen LogP contribution in [0.15, 0.2) is 48.8 Å². The third-order valence-electron chi connectivity index (χ3n) is 2.23. The number of hydrogen-bond acceptors (Lipinski definition) is 1. The van der Waals surface area contributed by atoms with Crippen LogP contribution in [0.2, 0.25) is 5.02 Å². The molecular formula is C12H12ClN2+. The number of halogens is 1. The smallest absolute Gasteiger partial charge is 0.175 e. The Bertz CT molecular complexity index is 451. The molecule has 0 aliphatic carbocycles. The molecular weight excluding hydrogens is 208 g/mol. The van der Waals surface area contributed by atoms with Gasteiger partial charge in [-0.1, -0.05) is 29.8 Å². The van der Waals surface area contributed by atoms with Crippen molar-refractivity contribution < 1.29 is 4.57 Å². The van der Waals surface area contributed by atoms with E-state index in [0.29, 0.717) is 0 Å². The average molecular weight is 220 g/mol. The number of rotatable bonds is 2. The summed E-state index contributed by atoms with van der Waals surface area (Å²) in [5.41, 5.74) is 7.48. The van der Waals surface area contributed by atoms with E-state index in [4.69, 9.17) is 17.3 Å². The molecule has 0 fully saturated rings. The second-order valence-electron chi connectivity index (χ2n) is 3.40. The number of pyridine rings is 1. The highest BCUT2D eigenvalue weighted by molar-refractivity contribution is 6.31.